The van der Waals surface area contributed by atoms with Gasteiger partial charge in [-0.15, -0.1) is 0 Å². The lowest BCUT2D eigenvalue weighted by Gasteiger charge is -2.03. The Balaban J connectivity index is 3.45. The van der Waals surface area contributed by atoms with Crippen molar-refractivity contribution >= 4 is 34.6 Å². The maximum atomic E-state index is 10.8. The molecule has 0 aromatic rings. The molecule has 0 radical (unpaired) electrons. The first-order valence-electron chi connectivity index (χ1n) is 3.12. The van der Waals surface area contributed by atoms with Gasteiger partial charge in [0.15, 0.2) is 0 Å². The number of likely N-dealkylation sites (N-methyl/N-ethyl adjacent to an activating group) is 1. The predicted molar refractivity (Wildman–Crippen MR) is 48.5 cm³/mol. The van der Waals surface area contributed by atoms with Gasteiger partial charge < -0.3 is 5.11 Å². The quantitative estimate of drug-likeness (QED) is 0.590. The number of aliphatic carboxylic acids is 1. The molecule has 64 valence electrons. The van der Waals surface area contributed by atoms with Crippen molar-refractivity contribution in [2.45, 2.75) is 12.8 Å². The third-order valence-corrected chi connectivity index (χ3v) is 1.35. The zero-order valence-electron chi connectivity index (χ0n) is 6.21. The molecular formula is C6H10INO3. The van der Waals surface area contributed by atoms with Gasteiger partial charge in [-0.05, 0) is 7.05 Å². The third kappa shape index (κ3) is 7.73. The number of carboxylic acid groups (broad SMARTS) is 1. The molecule has 1 N–H and O–H groups in total. The highest BCUT2D eigenvalue weighted by molar-refractivity contribution is 14.1. The summed E-state index contributed by atoms with van der Waals surface area (Å²) in [7, 11) is 1.76. The molecule has 0 atom stereocenters. The monoisotopic (exact) mass is 271 g/mol. The molecule has 0 aliphatic heterocycles. The van der Waals surface area contributed by atoms with Gasteiger partial charge >= 0.3 is 5.97 Å². The number of carboxylic acids is 1. The van der Waals surface area contributed by atoms with Crippen LogP contribution in [0.25, 0.3) is 0 Å². The Labute approximate surface area is 79.1 Å². The Morgan fingerprint density at radius 1 is 1.45 bits per heavy atom. The molecule has 0 aliphatic rings. The van der Waals surface area contributed by atoms with Gasteiger partial charge in [-0.1, -0.05) is 0 Å². The Morgan fingerprint density at radius 2 is 2.00 bits per heavy atom. The van der Waals surface area contributed by atoms with Crippen molar-refractivity contribution < 1.29 is 14.7 Å². The molecule has 0 unspecified atom stereocenters. The van der Waals surface area contributed by atoms with E-state index in [2.05, 4.69) is 0 Å². The second kappa shape index (κ2) is 5.48. The van der Waals surface area contributed by atoms with Crippen molar-refractivity contribution in [3.8, 4) is 0 Å². The van der Waals surface area contributed by atoms with Crippen LogP contribution in [-0.4, -0.2) is 33.6 Å². The minimum absolute atomic E-state index is 0.0377. The maximum absolute atomic E-state index is 10.8. The average Bonchev–Trinajstić information content (AvgIpc) is 1.82. The molecule has 0 aromatic carbocycles. The van der Waals surface area contributed by atoms with Gasteiger partial charge in [-0.2, -0.15) is 0 Å². The van der Waals surface area contributed by atoms with Crippen LogP contribution < -0.4 is 0 Å². The number of carbonyl (C=O) groups is 2. The second-order valence-electron chi connectivity index (χ2n) is 2.20. The zero-order chi connectivity index (χ0) is 8.85. The van der Waals surface area contributed by atoms with Crippen molar-refractivity contribution in [3.05, 3.63) is 0 Å². The first kappa shape index (κ1) is 10.8. The summed E-state index contributed by atoms with van der Waals surface area (Å²) >= 11 is 1.98. The summed E-state index contributed by atoms with van der Waals surface area (Å²) in [5.41, 5.74) is 0. The topological polar surface area (TPSA) is 57.6 Å². The number of hydrogen-bond donors (Lipinski definition) is 1. The maximum Gasteiger partial charge on any atom is 0.303 e. The van der Waals surface area contributed by atoms with Crippen molar-refractivity contribution in [1.82, 2.24) is 3.11 Å². The molecule has 0 aromatic heterocycles. The molecule has 0 heterocycles. The minimum Gasteiger partial charge on any atom is -0.481 e. The van der Waals surface area contributed by atoms with Crippen molar-refractivity contribution in [2.75, 3.05) is 13.6 Å². The fraction of sp³-hybridized carbons (Fsp3) is 0.667. The van der Waals surface area contributed by atoms with Crippen LogP contribution >= 0.6 is 22.9 Å². The Kier molecular flexibility index (Phi) is 5.39. The van der Waals surface area contributed by atoms with Gasteiger partial charge in [0.1, 0.15) is 5.78 Å². The SMILES string of the molecule is CN(I)CC(=O)CCC(=O)O. The molecular weight excluding hydrogens is 261 g/mol. The molecule has 4 nitrogen and oxygen atoms in total. The third-order valence-electron chi connectivity index (χ3n) is 1.01. The van der Waals surface area contributed by atoms with E-state index in [1.807, 2.05) is 22.9 Å². The van der Waals surface area contributed by atoms with E-state index < -0.39 is 5.97 Å². The summed E-state index contributed by atoms with van der Waals surface area (Å²) in [4.78, 5) is 20.9. The van der Waals surface area contributed by atoms with E-state index in [1.165, 1.54) is 0 Å². The van der Waals surface area contributed by atoms with Crippen LogP contribution in [0.3, 0.4) is 0 Å². The predicted octanol–water partition coefficient (Wildman–Crippen LogP) is 0.702. The van der Waals surface area contributed by atoms with Crippen LogP contribution in [0.1, 0.15) is 12.8 Å². The van der Waals surface area contributed by atoms with Crippen LogP contribution in [0.15, 0.2) is 0 Å². The first-order chi connectivity index (χ1) is 5.02. The zero-order valence-corrected chi connectivity index (χ0v) is 8.37. The average molecular weight is 271 g/mol. The fourth-order valence-corrected chi connectivity index (χ4v) is 0.949. The molecule has 0 amide bonds. The van der Waals surface area contributed by atoms with Crippen LogP contribution in [-0.2, 0) is 9.59 Å². The lowest BCUT2D eigenvalue weighted by atomic mass is 10.2. The standard InChI is InChI=1S/C6H10INO3/c1-8(7)4-5(9)2-3-6(10)11/h2-4H2,1H3,(H,10,11). The highest BCUT2D eigenvalue weighted by Crippen LogP contribution is 1.97. The lowest BCUT2D eigenvalue weighted by Crippen LogP contribution is -2.17. The minimum atomic E-state index is -0.922. The van der Waals surface area contributed by atoms with Crippen LogP contribution in [0.5, 0.6) is 0 Å². The summed E-state index contributed by atoms with van der Waals surface area (Å²) in [5, 5.41) is 8.23. The number of halogens is 1. The molecule has 0 saturated carbocycles. The Bertz CT molecular complexity index is 158. The Hall–Kier alpha value is -0.170. The smallest absolute Gasteiger partial charge is 0.303 e. The number of hydrogen-bond acceptors (Lipinski definition) is 3. The summed E-state index contributed by atoms with van der Waals surface area (Å²) in [6.07, 6.45) is 0.0615. The van der Waals surface area contributed by atoms with E-state index in [9.17, 15) is 9.59 Å². The number of Topliss-reactive ketones (excluding diaryl/α,β-unsaturated/α-hetero) is 1. The van der Waals surface area contributed by atoms with Gasteiger partial charge in [0.05, 0.1) is 13.0 Å². The van der Waals surface area contributed by atoms with E-state index in [-0.39, 0.29) is 18.6 Å². The molecule has 5 heteroatoms. The Morgan fingerprint density at radius 3 is 2.36 bits per heavy atom. The normalized spacial score (nSPS) is 10.1. The van der Waals surface area contributed by atoms with E-state index in [1.54, 1.807) is 10.2 Å². The number of rotatable bonds is 5. The van der Waals surface area contributed by atoms with E-state index in [4.69, 9.17) is 5.11 Å². The number of carbonyl (C=O) groups excluding carboxylic acids is 1. The van der Waals surface area contributed by atoms with E-state index in [0.29, 0.717) is 6.54 Å². The summed E-state index contributed by atoms with van der Waals surface area (Å²) in [5.74, 6) is -0.959. The van der Waals surface area contributed by atoms with Crippen molar-refractivity contribution in [1.29, 1.82) is 0 Å². The van der Waals surface area contributed by atoms with Gasteiger partial charge in [0.2, 0.25) is 0 Å². The summed E-state index contributed by atoms with van der Waals surface area (Å²) < 4.78 is 1.70. The number of nitrogens with zero attached hydrogens (tertiary/aromatic N) is 1. The van der Waals surface area contributed by atoms with Crippen LogP contribution in [0.4, 0.5) is 0 Å². The fourth-order valence-electron chi connectivity index (χ4n) is 0.568. The van der Waals surface area contributed by atoms with Crippen molar-refractivity contribution in [3.63, 3.8) is 0 Å². The molecule has 0 saturated heterocycles. The largest absolute Gasteiger partial charge is 0.481 e. The second-order valence-corrected chi connectivity index (χ2v) is 3.84. The lowest BCUT2D eigenvalue weighted by molar-refractivity contribution is -0.138. The molecule has 0 fully saturated rings. The molecule has 0 bridgehead atoms. The molecule has 0 spiro atoms. The summed E-state index contributed by atoms with van der Waals surface area (Å²) in [6.45, 7) is 0.313. The first-order valence-corrected chi connectivity index (χ1v) is 4.09. The van der Waals surface area contributed by atoms with E-state index >= 15 is 0 Å². The van der Waals surface area contributed by atoms with Gasteiger partial charge in [0.25, 0.3) is 0 Å². The highest BCUT2D eigenvalue weighted by Gasteiger charge is 2.06. The molecule has 0 rings (SSSR count). The summed E-state index contributed by atoms with van der Waals surface area (Å²) in [6, 6.07) is 0. The highest BCUT2D eigenvalue weighted by atomic mass is 127. The van der Waals surface area contributed by atoms with Crippen LogP contribution in [0.2, 0.25) is 0 Å². The number of ketones is 1. The molecule has 0 aliphatic carbocycles. The van der Waals surface area contributed by atoms with Gasteiger partial charge in [-0.25, -0.2) is 3.11 Å². The van der Waals surface area contributed by atoms with Gasteiger partial charge in [-0.3, -0.25) is 9.59 Å². The van der Waals surface area contributed by atoms with E-state index in [0.717, 1.165) is 0 Å². The van der Waals surface area contributed by atoms with Gasteiger partial charge in [0, 0.05) is 29.3 Å². The van der Waals surface area contributed by atoms with Crippen molar-refractivity contribution in [2.24, 2.45) is 0 Å². The molecule has 11 heavy (non-hydrogen) atoms. The van der Waals surface area contributed by atoms with Crippen LogP contribution in [0, 0.1) is 0 Å².